The molecule has 33 heavy (non-hydrogen) atoms. The van der Waals surface area contributed by atoms with Crippen molar-refractivity contribution in [1.29, 1.82) is 0 Å². The second kappa shape index (κ2) is 11.9. The molecule has 11 heteroatoms. The molecule has 0 fully saturated rings. The van der Waals surface area contributed by atoms with Crippen LogP contribution >= 0.6 is 0 Å². The van der Waals surface area contributed by atoms with E-state index in [1.807, 2.05) is 0 Å². The topological polar surface area (TPSA) is 102 Å². The van der Waals surface area contributed by atoms with E-state index in [1.165, 1.54) is 0 Å². The zero-order valence-corrected chi connectivity index (χ0v) is 23.5. The van der Waals surface area contributed by atoms with Crippen LogP contribution in [-0.4, -0.2) is 46.6 Å². The smallest absolute Gasteiger partial charge is 0.240 e. The zero-order chi connectivity index (χ0) is 24.6. The molecular formula is C22H36N2O5S2Si2. The maximum absolute atomic E-state index is 12.3. The molecule has 0 bridgehead atoms. The lowest BCUT2D eigenvalue weighted by Crippen LogP contribution is -2.45. The van der Waals surface area contributed by atoms with E-state index in [0.29, 0.717) is 25.9 Å². The monoisotopic (exact) mass is 528 g/mol. The predicted octanol–water partition coefficient (Wildman–Crippen LogP) is 4.15. The van der Waals surface area contributed by atoms with E-state index in [9.17, 15) is 16.8 Å². The Labute approximate surface area is 201 Å². The van der Waals surface area contributed by atoms with Crippen molar-refractivity contribution in [2.45, 2.75) is 60.9 Å². The Morgan fingerprint density at radius 3 is 1.30 bits per heavy atom. The third-order valence-corrected chi connectivity index (χ3v) is 15.6. The average Bonchev–Trinajstić information content (AvgIpc) is 2.75. The molecule has 0 amide bonds. The highest BCUT2D eigenvalue weighted by Gasteiger charge is 2.32. The molecule has 0 unspecified atom stereocenters. The van der Waals surface area contributed by atoms with Gasteiger partial charge in [0.15, 0.2) is 16.6 Å². The molecule has 0 aliphatic rings. The number of hydrogen-bond acceptors (Lipinski definition) is 5. The number of nitrogens with one attached hydrogen (secondary N) is 2. The molecule has 0 radical (unpaired) electrons. The Hall–Kier alpha value is -1.35. The third kappa shape index (κ3) is 9.81. The molecule has 0 aromatic heterocycles. The van der Waals surface area contributed by atoms with Gasteiger partial charge in [0.1, 0.15) is 0 Å². The van der Waals surface area contributed by atoms with Crippen molar-refractivity contribution < 1.29 is 21.0 Å². The summed E-state index contributed by atoms with van der Waals surface area (Å²) in [4.78, 5) is 0.545. The van der Waals surface area contributed by atoms with Gasteiger partial charge in [-0.3, -0.25) is 0 Å². The molecule has 0 aliphatic carbocycles. The first kappa shape index (κ1) is 27.9. The molecule has 2 aromatic rings. The van der Waals surface area contributed by atoms with Gasteiger partial charge in [-0.1, -0.05) is 36.4 Å². The largest absolute Gasteiger partial charge is 0.455 e. The van der Waals surface area contributed by atoms with Crippen LogP contribution in [0.1, 0.15) is 12.8 Å². The quantitative estimate of drug-likeness (QED) is 0.283. The fraction of sp³-hybridized carbons (Fsp3) is 0.455. The highest BCUT2D eigenvalue weighted by Crippen LogP contribution is 2.23. The summed E-state index contributed by atoms with van der Waals surface area (Å²) in [5.41, 5.74) is 0. The highest BCUT2D eigenvalue weighted by molar-refractivity contribution is 7.89. The van der Waals surface area contributed by atoms with Crippen LogP contribution in [0.4, 0.5) is 0 Å². The van der Waals surface area contributed by atoms with Crippen LogP contribution in [0.2, 0.25) is 38.3 Å². The predicted molar refractivity (Wildman–Crippen MR) is 138 cm³/mol. The van der Waals surface area contributed by atoms with Gasteiger partial charge in [-0.25, -0.2) is 26.3 Å². The minimum Gasteiger partial charge on any atom is -0.455 e. The molecule has 184 valence electrons. The van der Waals surface area contributed by atoms with Crippen molar-refractivity contribution >= 4 is 36.7 Å². The average molecular weight is 529 g/mol. The summed E-state index contributed by atoms with van der Waals surface area (Å²) in [5.74, 6) is 0. The lowest BCUT2D eigenvalue weighted by atomic mass is 10.4. The van der Waals surface area contributed by atoms with E-state index in [0.717, 1.165) is 12.1 Å². The first-order valence-electron chi connectivity index (χ1n) is 11.1. The molecule has 2 rings (SSSR count). The van der Waals surface area contributed by atoms with E-state index < -0.39 is 36.7 Å². The first-order valence-corrected chi connectivity index (χ1v) is 20.3. The Kier molecular flexibility index (Phi) is 10.0. The third-order valence-electron chi connectivity index (χ3n) is 5.15. The van der Waals surface area contributed by atoms with Crippen molar-refractivity contribution in [2.75, 3.05) is 13.1 Å². The number of sulfonamides is 2. The number of benzene rings is 2. The summed E-state index contributed by atoms with van der Waals surface area (Å²) in [6, 6.07) is 18.4. The maximum Gasteiger partial charge on any atom is 0.240 e. The summed E-state index contributed by atoms with van der Waals surface area (Å²) in [5, 5.41) is 0. The van der Waals surface area contributed by atoms with Gasteiger partial charge in [0, 0.05) is 13.1 Å². The second-order valence-corrected chi connectivity index (χ2v) is 21.6. The number of hydrogen-bond donors (Lipinski definition) is 2. The molecule has 7 nitrogen and oxygen atoms in total. The van der Waals surface area contributed by atoms with Crippen molar-refractivity contribution in [3.63, 3.8) is 0 Å². The number of rotatable bonds is 14. The summed E-state index contributed by atoms with van der Waals surface area (Å²) >= 11 is 0. The van der Waals surface area contributed by atoms with Crippen molar-refractivity contribution in [1.82, 2.24) is 9.44 Å². The van der Waals surface area contributed by atoms with Crippen LogP contribution in [0.15, 0.2) is 70.5 Å². The van der Waals surface area contributed by atoms with Crippen molar-refractivity contribution in [2.24, 2.45) is 0 Å². The van der Waals surface area contributed by atoms with Gasteiger partial charge in [-0.2, -0.15) is 0 Å². The van der Waals surface area contributed by atoms with Gasteiger partial charge in [0.05, 0.1) is 9.79 Å². The molecular weight excluding hydrogens is 493 g/mol. The van der Waals surface area contributed by atoms with E-state index in [4.69, 9.17) is 4.12 Å². The maximum atomic E-state index is 12.3. The molecule has 2 N–H and O–H groups in total. The fourth-order valence-corrected chi connectivity index (χ4v) is 14.7. The Balaban J connectivity index is 1.74. The standard InChI is InChI=1S/C22H36N2O5S2Si2/c1-32(2,19-11-17-23-30(25,26)21-13-7-5-8-14-21)29-33(3,4)20-12-18-24-31(27,28)22-15-9-6-10-16-22/h5-10,13-16,23-24H,11-12,17-20H2,1-4H3. The SMILES string of the molecule is C[Si](C)(CCCNS(=O)(=O)c1ccccc1)O[Si](C)(C)CCCNS(=O)(=O)c1ccccc1. The van der Waals surface area contributed by atoms with Gasteiger partial charge >= 0.3 is 0 Å². The molecule has 0 aliphatic heterocycles. The van der Waals surface area contributed by atoms with Crippen LogP contribution in [0.5, 0.6) is 0 Å². The van der Waals surface area contributed by atoms with E-state index >= 15 is 0 Å². The molecule has 0 spiro atoms. The van der Waals surface area contributed by atoms with Crippen LogP contribution < -0.4 is 9.44 Å². The van der Waals surface area contributed by atoms with Crippen LogP contribution in [0.25, 0.3) is 0 Å². The molecule has 0 heterocycles. The highest BCUT2D eigenvalue weighted by atomic mass is 32.2. The molecule has 0 saturated carbocycles. The van der Waals surface area contributed by atoms with Gasteiger partial charge in [-0.05, 0) is 75.4 Å². The van der Waals surface area contributed by atoms with E-state index in [2.05, 4.69) is 35.6 Å². The summed E-state index contributed by atoms with van der Waals surface area (Å²) < 4.78 is 61.2. The Morgan fingerprint density at radius 1 is 0.636 bits per heavy atom. The van der Waals surface area contributed by atoms with Crippen LogP contribution in [0.3, 0.4) is 0 Å². The van der Waals surface area contributed by atoms with Crippen LogP contribution in [0, 0.1) is 0 Å². The lowest BCUT2D eigenvalue weighted by molar-refractivity contribution is 0.527. The van der Waals surface area contributed by atoms with E-state index in [-0.39, 0.29) is 9.79 Å². The lowest BCUT2D eigenvalue weighted by Gasteiger charge is -2.34. The molecule has 0 atom stereocenters. The summed E-state index contributed by atoms with van der Waals surface area (Å²) in [6.07, 6.45) is 1.43. The minimum atomic E-state index is -3.48. The summed E-state index contributed by atoms with van der Waals surface area (Å²) in [6.45, 7) is 9.38. The van der Waals surface area contributed by atoms with Gasteiger partial charge < -0.3 is 4.12 Å². The van der Waals surface area contributed by atoms with Crippen LogP contribution in [-0.2, 0) is 24.2 Å². The second-order valence-electron chi connectivity index (χ2n) is 9.25. The van der Waals surface area contributed by atoms with E-state index in [1.54, 1.807) is 60.7 Å². The fourth-order valence-electron chi connectivity index (χ4n) is 3.66. The zero-order valence-electron chi connectivity index (χ0n) is 19.9. The van der Waals surface area contributed by atoms with Crippen molar-refractivity contribution in [3.05, 3.63) is 60.7 Å². The van der Waals surface area contributed by atoms with Crippen molar-refractivity contribution in [3.8, 4) is 0 Å². The minimum absolute atomic E-state index is 0.272. The Morgan fingerprint density at radius 2 is 0.970 bits per heavy atom. The first-order chi connectivity index (χ1) is 15.3. The summed E-state index contributed by atoms with van der Waals surface area (Å²) in [7, 11) is -10.9. The normalized spacial score (nSPS) is 13.2. The molecule has 2 aromatic carbocycles. The van der Waals surface area contributed by atoms with Gasteiger partial charge in [-0.15, -0.1) is 0 Å². The molecule has 0 saturated heterocycles. The van der Waals surface area contributed by atoms with Gasteiger partial charge in [0.2, 0.25) is 20.0 Å². The Bertz CT molecular complexity index is 991. The van der Waals surface area contributed by atoms with Gasteiger partial charge in [0.25, 0.3) is 0 Å².